The van der Waals surface area contributed by atoms with E-state index in [9.17, 15) is 0 Å². The Kier molecular flexibility index (Phi) is 3.75. The topological polar surface area (TPSA) is 39.1 Å². The van der Waals surface area contributed by atoms with Gasteiger partial charge >= 0.3 is 0 Å². The second-order valence-corrected chi connectivity index (χ2v) is 5.87. The summed E-state index contributed by atoms with van der Waals surface area (Å²) in [5.74, 6) is 2.10. The Bertz CT molecular complexity index is 824. The van der Waals surface area contributed by atoms with Crippen LogP contribution in [0.25, 0.3) is 11.0 Å². The van der Waals surface area contributed by atoms with Crippen molar-refractivity contribution in [3.8, 4) is 5.75 Å². The van der Waals surface area contributed by atoms with Gasteiger partial charge in [0.2, 0.25) is 0 Å². The summed E-state index contributed by atoms with van der Waals surface area (Å²) in [7, 11) is 0. The molecule has 4 rings (SSSR count). The van der Waals surface area contributed by atoms with E-state index in [1.54, 1.807) is 0 Å². The first-order valence-electron chi connectivity index (χ1n) is 8.26. The fourth-order valence-corrected chi connectivity index (χ4v) is 3.38. The third-order valence-electron chi connectivity index (χ3n) is 4.51. The first-order valence-corrected chi connectivity index (χ1v) is 8.26. The Hall–Kier alpha value is -2.33. The van der Waals surface area contributed by atoms with Crippen LogP contribution in [0.1, 0.15) is 30.8 Å². The maximum absolute atomic E-state index is 5.74. The van der Waals surface area contributed by atoms with E-state index in [-0.39, 0.29) is 0 Å². The van der Waals surface area contributed by atoms with Crippen molar-refractivity contribution >= 4 is 11.0 Å². The summed E-state index contributed by atoms with van der Waals surface area (Å²) in [6, 6.07) is 16.9. The maximum atomic E-state index is 5.74. The number of nitrogens with zero attached hydrogens (tertiary/aromatic N) is 2. The number of fused-ring (bicyclic) bond motifs is 2. The Labute approximate surface area is 136 Å². The number of aryl methyl sites for hydroxylation is 1. The van der Waals surface area contributed by atoms with Crippen LogP contribution >= 0.6 is 0 Å². The number of hydrogen-bond acceptors (Lipinski definition) is 3. The van der Waals surface area contributed by atoms with Crippen LogP contribution in [0.2, 0.25) is 0 Å². The zero-order chi connectivity index (χ0) is 15.6. The molecule has 0 radical (unpaired) electrons. The fourth-order valence-electron chi connectivity index (χ4n) is 3.38. The molecule has 118 valence electrons. The van der Waals surface area contributed by atoms with Gasteiger partial charge in [0.1, 0.15) is 11.6 Å². The molecule has 0 spiro atoms. The molecule has 0 fully saturated rings. The molecule has 0 saturated carbocycles. The van der Waals surface area contributed by atoms with E-state index in [0.717, 1.165) is 43.2 Å². The van der Waals surface area contributed by atoms with Crippen LogP contribution in [-0.4, -0.2) is 16.2 Å². The minimum Gasteiger partial charge on any atom is -0.493 e. The predicted molar refractivity (Wildman–Crippen MR) is 91.5 cm³/mol. The van der Waals surface area contributed by atoms with Crippen molar-refractivity contribution in [3.05, 3.63) is 59.9 Å². The van der Waals surface area contributed by atoms with E-state index < -0.39 is 0 Å². The highest BCUT2D eigenvalue weighted by molar-refractivity contribution is 5.75. The maximum Gasteiger partial charge on any atom is 0.124 e. The Morgan fingerprint density at radius 3 is 2.91 bits per heavy atom. The van der Waals surface area contributed by atoms with Crippen LogP contribution in [0.15, 0.2) is 48.5 Å². The summed E-state index contributed by atoms with van der Waals surface area (Å²) in [6.07, 6.45) is 0.989. The number of para-hydroxylation sites is 3. The van der Waals surface area contributed by atoms with Crippen molar-refractivity contribution in [3.63, 3.8) is 0 Å². The fraction of sp³-hybridized carbons (Fsp3) is 0.316. The second kappa shape index (κ2) is 6.05. The average Bonchev–Trinajstić information content (AvgIpc) is 2.97. The van der Waals surface area contributed by atoms with Gasteiger partial charge < -0.3 is 14.6 Å². The number of ether oxygens (including phenoxy) is 1. The molecule has 0 aliphatic carbocycles. The number of aromatic nitrogens is 2. The van der Waals surface area contributed by atoms with Crippen LogP contribution in [0.4, 0.5) is 0 Å². The van der Waals surface area contributed by atoms with E-state index >= 15 is 0 Å². The summed E-state index contributed by atoms with van der Waals surface area (Å²) in [5.41, 5.74) is 3.52. The lowest BCUT2D eigenvalue weighted by Crippen LogP contribution is -2.27. The molecule has 1 aromatic heterocycles. The van der Waals surface area contributed by atoms with Crippen molar-refractivity contribution in [1.82, 2.24) is 14.9 Å². The van der Waals surface area contributed by atoms with Gasteiger partial charge in [0, 0.05) is 24.6 Å². The molecule has 2 aromatic carbocycles. The van der Waals surface area contributed by atoms with E-state index in [0.29, 0.717) is 6.04 Å². The number of nitrogens with one attached hydrogen (secondary N) is 1. The minimum absolute atomic E-state index is 0.324. The number of benzene rings is 2. The monoisotopic (exact) mass is 307 g/mol. The summed E-state index contributed by atoms with van der Waals surface area (Å²) < 4.78 is 8.02. The molecule has 0 amide bonds. The normalized spacial score (nSPS) is 17.0. The van der Waals surface area contributed by atoms with Crippen LogP contribution in [0.3, 0.4) is 0 Å². The van der Waals surface area contributed by atoms with Crippen LogP contribution in [-0.2, 0) is 13.1 Å². The standard InChI is InChI=1S/C19H21N3O/c1-2-22-17-9-5-4-8-16(17)21-19(22)13-20-15-11-12-23-18-10-6-3-7-14(15)18/h3-10,15,20H,2,11-13H2,1H3/t15-/m1/s1. The quantitative estimate of drug-likeness (QED) is 0.799. The Balaban J connectivity index is 1.58. The lowest BCUT2D eigenvalue weighted by atomic mass is 10.0. The number of imidazole rings is 1. The molecular weight excluding hydrogens is 286 g/mol. The largest absolute Gasteiger partial charge is 0.493 e. The molecule has 2 heterocycles. The van der Waals surface area contributed by atoms with Gasteiger partial charge in [-0.25, -0.2) is 4.98 Å². The summed E-state index contributed by atoms with van der Waals surface area (Å²) in [4.78, 5) is 4.79. The van der Waals surface area contributed by atoms with E-state index in [1.807, 2.05) is 18.2 Å². The highest BCUT2D eigenvalue weighted by atomic mass is 16.5. The van der Waals surface area contributed by atoms with Gasteiger partial charge in [0.25, 0.3) is 0 Å². The SMILES string of the molecule is CCn1c(CN[C@@H]2CCOc3ccccc32)nc2ccccc21. The summed E-state index contributed by atoms with van der Waals surface area (Å²) >= 11 is 0. The summed E-state index contributed by atoms with van der Waals surface area (Å²) in [6.45, 7) is 4.63. The lowest BCUT2D eigenvalue weighted by molar-refractivity contribution is 0.251. The highest BCUT2D eigenvalue weighted by Gasteiger charge is 2.21. The first kappa shape index (κ1) is 14.3. The van der Waals surface area contributed by atoms with E-state index in [1.165, 1.54) is 11.1 Å². The lowest BCUT2D eigenvalue weighted by Gasteiger charge is -2.26. The predicted octanol–water partition coefficient (Wildman–Crippen LogP) is 3.67. The molecule has 1 atom stereocenters. The third kappa shape index (κ3) is 2.59. The van der Waals surface area contributed by atoms with Crippen LogP contribution in [0.5, 0.6) is 5.75 Å². The second-order valence-electron chi connectivity index (χ2n) is 5.87. The van der Waals surface area contributed by atoms with Crippen molar-refractivity contribution < 1.29 is 4.74 Å². The molecular formula is C19H21N3O. The van der Waals surface area contributed by atoms with Crippen LogP contribution < -0.4 is 10.1 Å². The third-order valence-corrected chi connectivity index (χ3v) is 4.51. The van der Waals surface area contributed by atoms with Gasteiger partial charge in [-0.1, -0.05) is 30.3 Å². The van der Waals surface area contributed by atoms with Gasteiger partial charge in [0.15, 0.2) is 0 Å². The van der Waals surface area contributed by atoms with E-state index in [4.69, 9.17) is 9.72 Å². The van der Waals surface area contributed by atoms with Gasteiger partial charge in [-0.3, -0.25) is 0 Å². The van der Waals surface area contributed by atoms with Crippen molar-refractivity contribution in [2.75, 3.05) is 6.61 Å². The highest BCUT2D eigenvalue weighted by Crippen LogP contribution is 2.31. The molecule has 1 aliphatic heterocycles. The Morgan fingerprint density at radius 1 is 1.17 bits per heavy atom. The molecule has 0 bridgehead atoms. The van der Waals surface area contributed by atoms with Gasteiger partial charge in [-0.2, -0.15) is 0 Å². The van der Waals surface area contributed by atoms with E-state index in [2.05, 4.69) is 47.1 Å². The van der Waals surface area contributed by atoms with Gasteiger partial charge in [-0.05, 0) is 25.1 Å². The molecule has 1 N–H and O–H groups in total. The first-order chi connectivity index (χ1) is 11.4. The number of hydrogen-bond donors (Lipinski definition) is 1. The molecule has 4 nitrogen and oxygen atoms in total. The van der Waals surface area contributed by atoms with Gasteiger partial charge in [-0.15, -0.1) is 0 Å². The van der Waals surface area contributed by atoms with Crippen molar-refractivity contribution in [2.45, 2.75) is 32.5 Å². The smallest absolute Gasteiger partial charge is 0.124 e. The van der Waals surface area contributed by atoms with Gasteiger partial charge in [0.05, 0.1) is 24.2 Å². The molecule has 1 aliphatic rings. The minimum atomic E-state index is 0.324. The molecule has 4 heteroatoms. The molecule has 0 unspecified atom stereocenters. The molecule has 23 heavy (non-hydrogen) atoms. The zero-order valence-corrected chi connectivity index (χ0v) is 13.3. The molecule has 0 saturated heterocycles. The van der Waals surface area contributed by atoms with Crippen molar-refractivity contribution in [1.29, 1.82) is 0 Å². The van der Waals surface area contributed by atoms with Crippen molar-refractivity contribution in [2.24, 2.45) is 0 Å². The molecule has 3 aromatic rings. The Morgan fingerprint density at radius 2 is 2.00 bits per heavy atom. The summed E-state index contributed by atoms with van der Waals surface area (Å²) in [5, 5.41) is 3.67. The average molecular weight is 307 g/mol. The number of rotatable bonds is 4. The van der Waals surface area contributed by atoms with Crippen LogP contribution in [0, 0.1) is 0 Å². The zero-order valence-electron chi connectivity index (χ0n) is 13.3.